The first-order valence-corrected chi connectivity index (χ1v) is 8.25. The number of aryl methyl sites for hydroxylation is 1. The molecule has 1 heterocycles. The van der Waals surface area contributed by atoms with Crippen LogP contribution in [0.1, 0.15) is 30.6 Å². The van der Waals surface area contributed by atoms with Gasteiger partial charge in [0.15, 0.2) is 0 Å². The van der Waals surface area contributed by atoms with Gasteiger partial charge in [-0.2, -0.15) is 5.10 Å². The van der Waals surface area contributed by atoms with Gasteiger partial charge in [0.1, 0.15) is 0 Å². The minimum Gasteiger partial charge on any atom is -0.308 e. The largest absolute Gasteiger partial charge is 0.308 e. The SMILES string of the molecule is CCCn1ncc(Cl)c1C(NC)c1cc(Cl)ccc1I. The molecule has 0 bridgehead atoms. The second kappa shape index (κ2) is 7.11. The number of benzene rings is 1. The maximum atomic E-state index is 6.34. The van der Waals surface area contributed by atoms with Crippen LogP contribution in [-0.4, -0.2) is 16.8 Å². The van der Waals surface area contributed by atoms with E-state index in [1.165, 1.54) is 0 Å². The van der Waals surface area contributed by atoms with Gasteiger partial charge in [-0.25, -0.2) is 0 Å². The van der Waals surface area contributed by atoms with Gasteiger partial charge in [0.25, 0.3) is 0 Å². The maximum absolute atomic E-state index is 6.34. The Bertz CT molecular complexity index is 598. The summed E-state index contributed by atoms with van der Waals surface area (Å²) in [5, 5.41) is 9.08. The summed E-state index contributed by atoms with van der Waals surface area (Å²) >= 11 is 14.8. The Balaban J connectivity index is 2.52. The molecule has 1 aromatic carbocycles. The predicted molar refractivity (Wildman–Crippen MR) is 92.6 cm³/mol. The fourth-order valence-corrected chi connectivity index (χ4v) is 3.30. The Hall–Kier alpha value is -0.300. The maximum Gasteiger partial charge on any atom is 0.0837 e. The number of aromatic nitrogens is 2. The molecule has 0 aliphatic rings. The van der Waals surface area contributed by atoms with Crippen molar-refractivity contribution in [2.24, 2.45) is 0 Å². The fourth-order valence-electron chi connectivity index (χ4n) is 2.22. The molecule has 1 N–H and O–H groups in total. The molecule has 0 saturated heterocycles. The molecular weight excluding hydrogens is 408 g/mol. The van der Waals surface area contributed by atoms with Crippen LogP contribution >= 0.6 is 45.8 Å². The fraction of sp³-hybridized carbons (Fsp3) is 0.357. The third kappa shape index (κ3) is 3.30. The monoisotopic (exact) mass is 423 g/mol. The van der Waals surface area contributed by atoms with E-state index in [9.17, 15) is 0 Å². The summed E-state index contributed by atoms with van der Waals surface area (Å²) < 4.78 is 3.10. The van der Waals surface area contributed by atoms with Gasteiger partial charge in [-0.15, -0.1) is 0 Å². The highest BCUT2D eigenvalue weighted by Gasteiger charge is 2.22. The van der Waals surface area contributed by atoms with Gasteiger partial charge in [0, 0.05) is 15.1 Å². The van der Waals surface area contributed by atoms with Crippen LogP contribution < -0.4 is 5.32 Å². The van der Waals surface area contributed by atoms with Crippen molar-refractivity contribution in [1.82, 2.24) is 15.1 Å². The molecule has 0 aliphatic heterocycles. The molecule has 108 valence electrons. The molecule has 0 spiro atoms. The van der Waals surface area contributed by atoms with E-state index in [-0.39, 0.29) is 6.04 Å². The van der Waals surface area contributed by atoms with Crippen LogP contribution in [0.2, 0.25) is 10.0 Å². The molecule has 1 aromatic heterocycles. The van der Waals surface area contributed by atoms with Crippen molar-refractivity contribution in [2.45, 2.75) is 25.9 Å². The molecule has 2 rings (SSSR count). The van der Waals surface area contributed by atoms with E-state index < -0.39 is 0 Å². The van der Waals surface area contributed by atoms with E-state index >= 15 is 0 Å². The Morgan fingerprint density at radius 3 is 2.80 bits per heavy atom. The summed E-state index contributed by atoms with van der Waals surface area (Å²) in [6.45, 7) is 2.97. The lowest BCUT2D eigenvalue weighted by atomic mass is 10.0. The van der Waals surface area contributed by atoms with E-state index in [1.54, 1.807) is 6.20 Å². The van der Waals surface area contributed by atoms with Crippen molar-refractivity contribution in [3.63, 3.8) is 0 Å². The van der Waals surface area contributed by atoms with Gasteiger partial charge in [0.2, 0.25) is 0 Å². The van der Waals surface area contributed by atoms with Gasteiger partial charge in [-0.05, 0) is 59.8 Å². The lowest BCUT2D eigenvalue weighted by Gasteiger charge is -2.20. The van der Waals surface area contributed by atoms with Gasteiger partial charge in [0.05, 0.1) is 23.0 Å². The Morgan fingerprint density at radius 2 is 2.15 bits per heavy atom. The standard InChI is InChI=1S/C14H16Cl2IN3/c1-3-6-20-14(11(16)8-19-20)13(18-2)10-7-9(15)4-5-12(10)17/h4-5,7-8,13,18H,3,6H2,1-2H3. The Kier molecular flexibility index (Phi) is 5.72. The average molecular weight is 424 g/mol. The van der Waals surface area contributed by atoms with E-state index in [0.29, 0.717) is 5.02 Å². The Labute approximate surface area is 142 Å². The highest BCUT2D eigenvalue weighted by atomic mass is 127. The molecule has 1 unspecified atom stereocenters. The van der Waals surface area contributed by atoms with Crippen molar-refractivity contribution in [3.8, 4) is 0 Å². The number of rotatable bonds is 5. The van der Waals surface area contributed by atoms with Crippen LogP contribution in [-0.2, 0) is 6.54 Å². The summed E-state index contributed by atoms with van der Waals surface area (Å²) in [5.41, 5.74) is 2.09. The molecule has 1 atom stereocenters. The van der Waals surface area contributed by atoms with Crippen LogP contribution in [0.4, 0.5) is 0 Å². The molecule has 20 heavy (non-hydrogen) atoms. The van der Waals surface area contributed by atoms with Gasteiger partial charge >= 0.3 is 0 Å². The Morgan fingerprint density at radius 1 is 1.40 bits per heavy atom. The number of hydrogen-bond acceptors (Lipinski definition) is 2. The number of nitrogens with one attached hydrogen (secondary N) is 1. The smallest absolute Gasteiger partial charge is 0.0837 e. The topological polar surface area (TPSA) is 29.9 Å². The first-order valence-electron chi connectivity index (χ1n) is 6.41. The molecule has 0 fully saturated rings. The van der Waals surface area contributed by atoms with Crippen molar-refractivity contribution in [2.75, 3.05) is 7.05 Å². The lowest BCUT2D eigenvalue weighted by molar-refractivity contribution is 0.534. The van der Waals surface area contributed by atoms with Crippen molar-refractivity contribution < 1.29 is 0 Å². The molecule has 2 aromatic rings. The predicted octanol–water partition coefficient (Wildman–Crippen LogP) is 4.51. The highest BCUT2D eigenvalue weighted by Crippen LogP contribution is 2.32. The third-order valence-corrected chi connectivity index (χ3v) is 4.61. The van der Waals surface area contributed by atoms with Crippen LogP contribution in [0.3, 0.4) is 0 Å². The summed E-state index contributed by atoms with van der Waals surface area (Å²) in [7, 11) is 1.92. The van der Waals surface area contributed by atoms with Crippen LogP contribution in [0.25, 0.3) is 0 Å². The summed E-state index contributed by atoms with van der Waals surface area (Å²) in [6.07, 6.45) is 2.71. The van der Waals surface area contributed by atoms with Crippen molar-refractivity contribution in [1.29, 1.82) is 0 Å². The van der Waals surface area contributed by atoms with E-state index in [0.717, 1.165) is 32.8 Å². The molecule has 0 saturated carbocycles. The normalized spacial score (nSPS) is 12.7. The second-order valence-corrected chi connectivity index (χ2v) is 6.49. The second-order valence-electron chi connectivity index (χ2n) is 4.49. The van der Waals surface area contributed by atoms with Gasteiger partial charge in [-0.3, -0.25) is 4.68 Å². The summed E-state index contributed by atoms with van der Waals surface area (Å²) in [5.74, 6) is 0. The first kappa shape index (κ1) is 16.1. The van der Waals surface area contributed by atoms with E-state index in [1.807, 2.05) is 29.9 Å². The average Bonchev–Trinajstić information content (AvgIpc) is 2.77. The lowest BCUT2D eigenvalue weighted by Crippen LogP contribution is -2.23. The number of nitrogens with zero attached hydrogens (tertiary/aromatic N) is 2. The minimum atomic E-state index is -0.0258. The zero-order valence-electron chi connectivity index (χ0n) is 11.3. The van der Waals surface area contributed by atoms with Crippen LogP contribution in [0.15, 0.2) is 24.4 Å². The van der Waals surface area contributed by atoms with E-state index in [2.05, 4.69) is 39.9 Å². The molecule has 0 amide bonds. The quantitative estimate of drug-likeness (QED) is 0.716. The number of halogens is 3. The molecule has 6 heteroatoms. The summed E-state index contributed by atoms with van der Waals surface area (Å²) in [4.78, 5) is 0. The molecule has 0 aliphatic carbocycles. The third-order valence-electron chi connectivity index (χ3n) is 3.10. The van der Waals surface area contributed by atoms with Gasteiger partial charge < -0.3 is 5.32 Å². The molecule has 0 radical (unpaired) electrons. The zero-order valence-corrected chi connectivity index (χ0v) is 15.0. The zero-order chi connectivity index (χ0) is 14.7. The van der Waals surface area contributed by atoms with E-state index in [4.69, 9.17) is 23.2 Å². The summed E-state index contributed by atoms with van der Waals surface area (Å²) in [6, 6.07) is 5.85. The first-order chi connectivity index (χ1) is 9.58. The highest BCUT2D eigenvalue weighted by molar-refractivity contribution is 14.1. The molecule has 3 nitrogen and oxygen atoms in total. The number of hydrogen-bond donors (Lipinski definition) is 1. The van der Waals surface area contributed by atoms with Crippen LogP contribution in [0.5, 0.6) is 0 Å². The van der Waals surface area contributed by atoms with Crippen LogP contribution in [0, 0.1) is 3.57 Å². The van der Waals surface area contributed by atoms with Crippen molar-refractivity contribution >= 4 is 45.8 Å². The minimum absolute atomic E-state index is 0.0258. The van der Waals surface area contributed by atoms with Gasteiger partial charge in [-0.1, -0.05) is 30.1 Å². The van der Waals surface area contributed by atoms with Crippen molar-refractivity contribution in [3.05, 3.63) is 49.3 Å². The molecular formula is C14H16Cl2IN3.